The van der Waals surface area contributed by atoms with E-state index in [0.717, 1.165) is 5.56 Å². The van der Waals surface area contributed by atoms with Crippen molar-refractivity contribution in [3.8, 4) is 17.0 Å². The number of methoxy groups -OCH3 is 1. The molecule has 0 aliphatic carbocycles. The maximum absolute atomic E-state index is 12.1. The molecule has 0 unspecified atom stereocenters. The zero-order chi connectivity index (χ0) is 13.2. The van der Waals surface area contributed by atoms with E-state index in [-0.39, 0.29) is 5.56 Å². The highest BCUT2D eigenvalue weighted by Gasteiger charge is 2.05. The fraction of sp³-hybridized carbons (Fsp3) is 0.0667. The van der Waals surface area contributed by atoms with Crippen LogP contribution >= 0.6 is 0 Å². The number of ether oxygens (including phenoxy) is 1. The Labute approximate surface area is 109 Å². The van der Waals surface area contributed by atoms with Gasteiger partial charge in [-0.2, -0.15) is 0 Å². The minimum absolute atomic E-state index is 0.105. The molecule has 0 saturated heterocycles. The number of hydrogen-bond donors (Lipinski definition) is 0. The maximum Gasteiger partial charge on any atom is 0.258 e. The highest BCUT2D eigenvalue weighted by atomic mass is 16.5. The van der Waals surface area contributed by atoms with E-state index in [0.29, 0.717) is 17.1 Å². The Morgan fingerprint density at radius 3 is 2.63 bits per heavy atom. The molecule has 94 valence electrons. The van der Waals surface area contributed by atoms with Gasteiger partial charge in [-0.25, -0.2) is 4.98 Å². The van der Waals surface area contributed by atoms with E-state index in [1.165, 1.54) is 10.5 Å². The molecule has 0 amide bonds. The minimum Gasteiger partial charge on any atom is -0.497 e. The van der Waals surface area contributed by atoms with Gasteiger partial charge in [0.25, 0.3) is 5.56 Å². The number of hydrogen-bond acceptors (Lipinski definition) is 3. The van der Waals surface area contributed by atoms with Gasteiger partial charge in [0, 0.05) is 23.9 Å². The van der Waals surface area contributed by atoms with Crippen LogP contribution in [0.2, 0.25) is 0 Å². The van der Waals surface area contributed by atoms with Crippen molar-refractivity contribution >= 4 is 5.65 Å². The van der Waals surface area contributed by atoms with Crippen LogP contribution < -0.4 is 10.3 Å². The first kappa shape index (κ1) is 11.5. The first-order valence-electron chi connectivity index (χ1n) is 5.91. The van der Waals surface area contributed by atoms with Gasteiger partial charge in [-0.05, 0) is 6.07 Å². The Morgan fingerprint density at radius 1 is 1.11 bits per heavy atom. The molecule has 0 atom stereocenters. The Balaban J connectivity index is 2.26. The van der Waals surface area contributed by atoms with Gasteiger partial charge in [0.2, 0.25) is 0 Å². The van der Waals surface area contributed by atoms with Crippen LogP contribution in [0.5, 0.6) is 5.75 Å². The second-order valence-electron chi connectivity index (χ2n) is 4.14. The Hall–Kier alpha value is -2.62. The van der Waals surface area contributed by atoms with Gasteiger partial charge >= 0.3 is 0 Å². The summed E-state index contributed by atoms with van der Waals surface area (Å²) in [5, 5.41) is 0. The minimum atomic E-state index is -0.105. The van der Waals surface area contributed by atoms with E-state index < -0.39 is 0 Å². The highest BCUT2D eigenvalue weighted by Crippen LogP contribution is 2.17. The van der Waals surface area contributed by atoms with Crippen LogP contribution in [0.3, 0.4) is 0 Å². The van der Waals surface area contributed by atoms with Crippen LogP contribution in [0.1, 0.15) is 0 Å². The number of pyridine rings is 1. The lowest BCUT2D eigenvalue weighted by Gasteiger charge is -2.06. The molecule has 0 saturated carbocycles. The number of rotatable bonds is 2. The Kier molecular flexibility index (Phi) is 2.76. The fourth-order valence-electron chi connectivity index (χ4n) is 1.97. The van der Waals surface area contributed by atoms with Crippen molar-refractivity contribution in [1.29, 1.82) is 0 Å². The summed E-state index contributed by atoms with van der Waals surface area (Å²) in [6.07, 6.45) is 1.66. The second-order valence-corrected chi connectivity index (χ2v) is 4.14. The van der Waals surface area contributed by atoms with Gasteiger partial charge in [-0.1, -0.05) is 30.3 Å². The van der Waals surface area contributed by atoms with Crippen LogP contribution in [0, 0.1) is 0 Å². The molecule has 3 rings (SSSR count). The van der Waals surface area contributed by atoms with Crippen LogP contribution in [-0.4, -0.2) is 16.5 Å². The summed E-state index contributed by atoms with van der Waals surface area (Å²) in [6.45, 7) is 0. The molecule has 0 fully saturated rings. The summed E-state index contributed by atoms with van der Waals surface area (Å²) in [4.78, 5) is 16.6. The number of nitrogens with zero attached hydrogens (tertiary/aromatic N) is 2. The van der Waals surface area contributed by atoms with E-state index >= 15 is 0 Å². The van der Waals surface area contributed by atoms with Crippen molar-refractivity contribution in [3.63, 3.8) is 0 Å². The summed E-state index contributed by atoms with van der Waals surface area (Å²) < 4.78 is 6.65. The van der Waals surface area contributed by atoms with Crippen LogP contribution in [0.4, 0.5) is 0 Å². The molecule has 0 N–H and O–H groups in total. The molecule has 0 aliphatic heterocycles. The lowest BCUT2D eigenvalue weighted by molar-refractivity contribution is 0.414. The van der Waals surface area contributed by atoms with E-state index in [4.69, 9.17) is 4.74 Å². The standard InChI is InChI=1S/C15H12N2O2/c1-19-12-7-8-17-14(9-12)16-13(10-15(17)18)11-5-3-2-4-6-11/h2-10H,1H3. The molecule has 0 bridgehead atoms. The third-order valence-electron chi connectivity index (χ3n) is 2.94. The van der Waals surface area contributed by atoms with Gasteiger partial charge in [-0.15, -0.1) is 0 Å². The third kappa shape index (κ3) is 2.08. The average Bonchev–Trinajstić information content (AvgIpc) is 2.47. The molecule has 4 nitrogen and oxygen atoms in total. The summed E-state index contributed by atoms with van der Waals surface area (Å²) in [6, 6.07) is 14.6. The van der Waals surface area contributed by atoms with Crippen molar-refractivity contribution in [2.75, 3.05) is 7.11 Å². The van der Waals surface area contributed by atoms with E-state index in [1.807, 2.05) is 30.3 Å². The molecular weight excluding hydrogens is 240 g/mol. The molecule has 0 radical (unpaired) electrons. The van der Waals surface area contributed by atoms with E-state index in [1.54, 1.807) is 25.4 Å². The summed E-state index contributed by atoms with van der Waals surface area (Å²) >= 11 is 0. The Morgan fingerprint density at radius 2 is 1.89 bits per heavy atom. The number of benzene rings is 1. The fourth-order valence-corrected chi connectivity index (χ4v) is 1.97. The quantitative estimate of drug-likeness (QED) is 0.703. The molecule has 0 spiro atoms. The SMILES string of the molecule is COc1ccn2c(=O)cc(-c3ccccc3)nc2c1. The lowest BCUT2D eigenvalue weighted by atomic mass is 10.1. The molecule has 0 aliphatic rings. The topological polar surface area (TPSA) is 43.6 Å². The van der Waals surface area contributed by atoms with Crippen molar-refractivity contribution < 1.29 is 4.74 Å². The molecule has 19 heavy (non-hydrogen) atoms. The zero-order valence-corrected chi connectivity index (χ0v) is 10.4. The van der Waals surface area contributed by atoms with Crippen molar-refractivity contribution in [3.05, 3.63) is 65.1 Å². The summed E-state index contributed by atoms with van der Waals surface area (Å²) in [5.74, 6) is 0.678. The van der Waals surface area contributed by atoms with Crippen molar-refractivity contribution in [2.24, 2.45) is 0 Å². The third-order valence-corrected chi connectivity index (χ3v) is 2.94. The van der Waals surface area contributed by atoms with E-state index in [2.05, 4.69) is 4.98 Å². The van der Waals surface area contributed by atoms with Crippen LogP contribution in [0.15, 0.2) is 59.5 Å². The molecule has 1 aromatic carbocycles. The smallest absolute Gasteiger partial charge is 0.258 e. The zero-order valence-electron chi connectivity index (χ0n) is 10.4. The van der Waals surface area contributed by atoms with Crippen molar-refractivity contribution in [1.82, 2.24) is 9.38 Å². The van der Waals surface area contributed by atoms with Gasteiger partial charge < -0.3 is 4.74 Å². The van der Waals surface area contributed by atoms with Crippen LogP contribution in [-0.2, 0) is 0 Å². The van der Waals surface area contributed by atoms with E-state index in [9.17, 15) is 4.79 Å². The van der Waals surface area contributed by atoms with Gasteiger partial charge in [0.15, 0.2) is 0 Å². The second kappa shape index (κ2) is 4.57. The molecular formula is C15H12N2O2. The van der Waals surface area contributed by atoms with Crippen LogP contribution in [0.25, 0.3) is 16.9 Å². The summed E-state index contributed by atoms with van der Waals surface area (Å²) in [5.41, 5.74) is 2.06. The normalized spacial score (nSPS) is 10.6. The van der Waals surface area contributed by atoms with Gasteiger partial charge in [0.05, 0.1) is 12.8 Å². The van der Waals surface area contributed by atoms with Gasteiger partial charge in [-0.3, -0.25) is 9.20 Å². The molecule has 2 heterocycles. The lowest BCUT2D eigenvalue weighted by Crippen LogP contribution is -2.14. The molecule has 4 heteroatoms. The summed E-state index contributed by atoms with van der Waals surface area (Å²) in [7, 11) is 1.59. The van der Waals surface area contributed by atoms with Gasteiger partial charge in [0.1, 0.15) is 11.4 Å². The first-order chi connectivity index (χ1) is 9.28. The number of fused-ring (bicyclic) bond motifs is 1. The monoisotopic (exact) mass is 252 g/mol. The predicted molar refractivity (Wildman–Crippen MR) is 73.5 cm³/mol. The predicted octanol–water partition coefficient (Wildman–Crippen LogP) is 2.37. The average molecular weight is 252 g/mol. The van der Waals surface area contributed by atoms with Crippen molar-refractivity contribution in [2.45, 2.75) is 0 Å². The highest BCUT2D eigenvalue weighted by molar-refractivity contribution is 5.61. The number of aromatic nitrogens is 2. The Bertz CT molecular complexity index is 779. The largest absolute Gasteiger partial charge is 0.497 e. The molecule has 3 aromatic rings. The maximum atomic E-state index is 12.1. The molecule has 2 aromatic heterocycles. The first-order valence-corrected chi connectivity index (χ1v) is 5.91.